The molecule has 1 heterocycles. The highest BCUT2D eigenvalue weighted by molar-refractivity contribution is 7.97. The van der Waals surface area contributed by atoms with Crippen molar-refractivity contribution in [1.29, 1.82) is 5.26 Å². The van der Waals surface area contributed by atoms with Gasteiger partial charge in [-0.1, -0.05) is 34.8 Å². The number of anilines is 1. The molecule has 0 saturated heterocycles. The van der Waals surface area contributed by atoms with Crippen molar-refractivity contribution < 1.29 is 22.0 Å². The average molecular weight is 440 g/mol. The van der Waals surface area contributed by atoms with Gasteiger partial charge in [-0.05, 0) is 12.1 Å². The average Bonchev–Trinajstić information content (AvgIpc) is 2.70. The first-order valence-corrected chi connectivity index (χ1v) is 8.11. The Labute approximate surface area is 157 Å². The summed E-state index contributed by atoms with van der Waals surface area (Å²) in [6, 6.07) is 1.64. The van der Waals surface area contributed by atoms with Gasteiger partial charge in [0.05, 0.1) is 32.4 Å². The molecule has 0 amide bonds. The summed E-state index contributed by atoms with van der Waals surface area (Å²) in [6.45, 7) is 0. The van der Waals surface area contributed by atoms with Crippen molar-refractivity contribution in [3.8, 4) is 6.07 Å². The van der Waals surface area contributed by atoms with Crippen molar-refractivity contribution in [2.24, 2.45) is 5.73 Å². The Balaban J connectivity index is 2.59. The van der Waals surface area contributed by atoms with E-state index in [0.717, 1.165) is 11.1 Å². The molecule has 0 aliphatic carbocycles. The first-order valence-electron chi connectivity index (χ1n) is 6.14. The van der Waals surface area contributed by atoms with Crippen LogP contribution in [0.4, 0.5) is 27.6 Å². The summed E-state index contributed by atoms with van der Waals surface area (Å²) in [4.78, 5) is 0. The zero-order valence-corrected chi connectivity index (χ0v) is 14.7. The molecule has 1 aliphatic heterocycles. The minimum atomic E-state index is -4.77. The molecular formula is C12H6Cl3F5N4S. The van der Waals surface area contributed by atoms with Crippen LogP contribution in [0.5, 0.6) is 0 Å². The minimum Gasteiger partial charge on any atom is -0.383 e. The molecule has 0 spiro atoms. The maximum atomic E-state index is 12.9. The highest BCUT2D eigenvalue weighted by atomic mass is 35.5. The number of nitriles is 1. The van der Waals surface area contributed by atoms with Crippen LogP contribution < -0.4 is 10.7 Å². The lowest BCUT2D eigenvalue weighted by Crippen LogP contribution is -2.39. The molecule has 0 saturated carbocycles. The third kappa shape index (κ3) is 3.85. The van der Waals surface area contributed by atoms with Crippen LogP contribution in [-0.4, -0.2) is 16.2 Å². The van der Waals surface area contributed by atoms with E-state index in [-0.39, 0.29) is 28.5 Å². The van der Waals surface area contributed by atoms with E-state index < -0.39 is 33.6 Å². The summed E-state index contributed by atoms with van der Waals surface area (Å²) in [5.41, 5.74) is 4.29. The van der Waals surface area contributed by atoms with Crippen LogP contribution in [0.15, 0.2) is 23.0 Å². The molecule has 0 bridgehead atoms. The van der Waals surface area contributed by atoms with Gasteiger partial charge in [0.2, 0.25) is 0 Å². The molecule has 0 fully saturated rings. The van der Waals surface area contributed by atoms with Crippen molar-refractivity contribution in [2.75, 3.05) is 5.01 Å². The molecule has 136 valence electrons. The standard InChI is InChI=1S/C12H6Cl3F5N4S/c13-5-2-7(6(14)1-4(5)12(18,19)20)23-10(22)9(15)8(3-21)24(23)25-11(16)17/h1-2,8,11H,22H2. The van der Waals surface area contributed by atoms with E-state index in [1.165, 1.54) is 0 Å². The zero-order valence-electron chi connectivity index (χ0n) is 11.7. The Kier molecular flexibility index (Phi) is 5.85. The number of benzene rings is 1. The Hall–Kier alpha value is -1.12. The predicted molar refractivity (Wildman–Crippen MR) is 85.8 cm³/mol. The Bertz CT molecular complexity index is 764. The fourth-order valence-corrected chi connectivity index (χ4v) is 3.50. The number of hydrogen-bond donors (Lipinski definition) is 1. The van der Waals surface area contributed by atoms with Gasteiger partial charge in [-0.15, -0.1) is 4.41 Å². The third-order valence-electron chi connectivity index (χ3n) is 3.01. The van der Waals surface area contributed by atoms with Gasteiger partial charge in [0.1, 0.15) is 5.82 Å². The van der Waals surface area contributed by atoms with Crippen LogP contribution in [0.3, 0.4) is 0 Å². The molecule has 1 aromatic carbocycles. The van der Waals surface area contributed by atoms with Crippen LogP contribution in [0.1, 0.15) is 5.56 Å². The number of alkyl halides is 5. The van der Waals surface area contributed by atoms with Crippen LogP contribution in [0.25, 0.3) is 0 Å². The summed E-state index contributed by atoms with van der Waals surface area (Å²) >= 11 is 17.3. The van der Waals surface area contributed by atoms with Crippen molar-refractivity contribution in [1.82, 2.24) is 4.41 Å². The van der Waals surface area contributed by atoms with E-state index in [4.69, 9.17) is 45.8 Å². The molecule has 25 heavy (non-hydrogen) atoms. The lowest BCUT2D eigenvalue weighted by molar-refractivity contribution is -0.137. The second kappa shape index (κ2) is 7.25. The molecule has 13 heteroatoms. The monoisotopic (exact) mass is 438 g/mol. The fourth-order valence-electron chi connectivity index (χ4n) is 2.01. The Morgan fingerprint density at radius 2 is 1.80 bits per heavy atom. The second-order valence-electron chi connectivity index (χ2n) is 4.53. The van der Waals surface area contributed by atoms with Gasteiger partial charge in [0.15, 0.2) is 6.04 Å². The number of nitrogens with two attached hydrogens (primary N) is 1. The van der Waals surface area contributed by atoms with Crippen molar-refractivity contribution in [3.63, 3.8) is 0 Å². The third-order valence-corrected chi connectivity index (χ3v) is 4.78. The molecule has 2 N–H and O–H groups in total. The van der Waals surface area contributed by atoms with Gasteiger partial charge in [0, 0.05) is 11.9 Å². The highest BCUT2D eigenvalue weighted by Gasteiger charge is 2.42. The molecule has 1 unspecified atom stereocenters. The number of rotatable bonds is 3. The van der Waals surface area contributed by atoms with Crippen LogP contribution >= 0.6 is 46.8 Å². The topological polar surface area (TPSA) is 56.3 Å². The normalized spacial score (nSPS) is 19.0. The number of halogens is 8. The lowest BCUT2D eigenvalue weighted by Gasteiger charge is -2.31. The van der Waals surface area contributed by atoms with Crippen LogP contribution in [-0.2, 0) is 6.18 Å². The molecule has 0 aromatic heterocycles. The lowest BCUT2D eigenvalue weighted by atomic mass is 10.2. The van der Waals surface area contributed by atoms with Crippen molar-refractivity contribution >= 4 is 52.4 Å². The van der Waals surface area contributed by atoms with Gasteiger partial charge in [-0.3, -0.25) is 0 Å². The smallest absolute Gasteiger partial charge is 0.383 e. The summed E-state index contributed by atoms with van der Waals surface area (Å²) in [5.74, 6) is -3.29. The molecule has 1 aromatic rings. The van der Waals surface area contributed by atoms with Gasteiger partial charge in [-0.2, -0.15) is 27.2 Å². The van der Waals surface area contributed by atoms with E-state index in [9.17, 15) is 22.0 Å². The molecule has 1 aliphatic rings. The number of hydrogen-bond acceptors (Lipinski definition) is 5. The molecular weight excluding hydrogens is 434 g/mol. The largest absolute Gasteiger partial charge is 0.417 e. The van der Waals surface area contributed by atoms with Crippen molar-refractivity contribution in [2.45, 2.75) is 18.0 Å². The number of nitrogens with zero attached hydrogens (tertiary/aromatic N) is 3. The Morgan fingerprint density at radius 3 is 2.28 bits per heavy atom. The van der Waals surface area contributed by atoms with E-state index in [0.29, 0.717) is 10.5 Å². The van der Waals surface area contributed by atoms with E-state index in [2.05, 4.69) is 0 Å². The summed E-state index contributed by atoms with van der Waals surface area (Å²) < 4.78 is 65.0. The van der Waals surface area contributed by atoms with E-state index in [1.807, 2.05) is 0 Å². The molecule has 0 radical (unpaired) electrons. The van der Waals surface area contributed by atoms with Crippen LogP contribution in [0, 0.1) is 11.3 Å². The summed E-state index contributed by atoms with van der Waals surface area (Å²) in [5, 5.41) is 8.47. The quantitative estimate of drug-likeness (QED) is 0.520. The fraction of sp³-hybridized carbons (Fsp3) is 0.250. The minimum absolute atomic E-state index is 0.0972. The maximum absolute atomic E-state index is 12.9. The zero-order chi connectivity index (χ0) is 19.1. The van der Waals surface area contributed by atoms with Gasteiger partial charge in [0.25, 0.3) is 5.76 Å². The van der Waals surface area contributed by atoms with E-state index >= 15 is 0 Å². The SMILES string of the molecule is N#CC1C(Cl)=C(N)N(c2cc(Cl)c(C(F)(F)F)cc2Cl)N1SC(F)F. The van der Waals surface area contributed by atoms with Gasteiger partial charge in [-0.25, -0.2) is 5.01 Å². The molecule has 2 rings (SSSR count). The predicted octanol–water partition coefficient (Wildman–Crippen LogP) is 5.18. The first-order chi connectivity index (χ1) is 11.5. The summed E-state index contributed by atoms with van der Waals surface area (Å²) in [7, 11) is 0. The molecule has 1 atom stereocenters. The number of hydrazine groups is 1. The Morgan fingerprint density at radius 1 is 1.20 bits per heavy atom. The van der Waals surface area contributed by atoms with Gasteiger partial charge < -0.3 is 5.73 Å². The molecule has 4 nitrogen and oxygen atoms in total. The van der Waals surface area contributed by atoms with Crippen molar-refractivity contribution in [3.05, 3.63) is 38.6 Å². The first kappa shape index (κ1) is 20.2. The second-order valence-corrected chi connectivity index (χ2v) is 6.69. The maximum Gasteiger partial charge on any atom is 0.417 e. The summed E-state index contributed by atoms with van der Waals surface area (Å²) in [6.07, 6.45) is -4.77. The van der Waals surface area contributed by atoms with Gasteiger partial charge >= 0.3 is 6.18 Å². The highest BCUT2D eigenvalue weighted by Crippen LogP contribution is 2.45. The van der Waals surface area contributed by atoms with Crippen LogP contribution in [0.2, 0.25) is 10.0 Å². The van der Waals surface area contributed by atoms with E-state index in [1.54, 1.807) is 6.07 Å².